The first kappa shape index (κ1) is 10.2. The minimum atomic E-state index is -0.814. The molecule has 4 heteroatoms. The van der Waals surface area contributed by atoms with E-state index in [9.17, 15) is 4.79 Å². The minimum Gasteiger partial charge on any atom is -0.481 e. The van der Waals surface area contributed by atoms with Gasteiger partial charge in [0.1, 0.15) is 0 Å². The van der Waals surface area contributed by atoms with Crippen LogP contribution in [0.1, 0.15) is 11.8 Å². The molecule has 1 atom stereocenters. The maximum atomic E-state index is 10.4. The van der Waals surface area contributed by atoms with E-state index in [1.54, 1.807) is 18.3 Å². The summed E-state index contributed by atoms with van der Waals surface area (Å²) in [5, 5.41) is 10.5. The lowest BCUT2D eigenvalue weighted by Gasteiger charge is -2.05. The predicted octanol–water partition coefficient (Wildman–Crippen LogP) is 1.99. The average molecular weight is 200 g/mol. The third kappa shape index (κ3) is 3.57. The summed E-state index contributed by atoms with van der Waals surface area (Å²) in [6.07, 6.45) is 0. The summed E-state index contributed by atoms with van der Waals surface area (Å²) in [5.74, 6) is -1.24. The average Bonchev–Trinajstić information content (AvgIpc) is 2.56. The SMILES string of the molecule is CC(COCc1cccs1)C(=O)O. The molecule has 1 unspecified atom stereocenters. The van der Waals surface area contributed by atoms with Gasteiger partial charge in [0.05, 0.1) is 19.1 Å². The Kier molecular flexibility index (Phi) is 3.92. The van der Waals surface area contributed by atoms with Gasteiger partial charge >= 0.3 is 5.97 Å². The summed E-state index contributed by atoms with van der Waals surface area (Å²) >= 11 is 1.61. The Morgan fingerprint density at radius 3 is 3.08 bits per heavy atom. The van der Waals surface area contributed by atoms with E-state index in [4.69, 9.17) is 9.84 Å². The van der Waals surface area contributed by atoms with Crippen molar-refractivity contribution in [1.82, 2.24) is 0 Å². The number of aliphatic carboxylic acids is 1. The summed E-state index contributed by atoms with van der Waals surface area (Å²) in [7, 11) is 0. The van der Waals surface area contributed by atoms with Crippen molar-refractivity contribution in [2.45, 2.75) is 13.5 Å². The number of ether oxygens (including phenoxy) is 1. The van der Waals surface area contributed by atoms with Crippen molar-refractivity contribution in [2.75, 3.05) is 6.61 Å². The zero-order valence-electron chi connectivity index (χ0n) is 7.40. The van der Waals surface area contributed by atoms with E-state index in [0.717, 1.165) is 4.88 Å². The van der Waals surface area contributed by atoms with Crippen molar-refractivity contribution < 1.29 is 14.6 Å². The maximum absolute atomic E-state index is 10.4. The molecular formula is C9H12O3S. The summed E-state index contributed by atoms with van der Waals surface area (Å²) in [4.78, 5) is 11.5. The molecule has 0 radical (unpaired) electrons. The van der Waals surface area contributed by atoms with Crippen LogP contribution in [-0.4, -0.2) is 17.7 Å². The Bertz CT molecular complexity index is 256. The van der Waals surface area contributed by atoms with Crippen LogP contribution in [-0.2, 0) is 16.1 Å². The van der Waals surface area contributed by atoms with Crippen molar-refractivity contribution in [1.29, 1.82) is 0 Å². The van der Waals surface area contributed by atoms with Crippen LogP contribution in [0.25, 0.3) is 0 Å². The fraction of sp³-hybridized carbons (Fsp3) is 0.444. The number of carbonyl (C=O) groups is 1. The van der Waals surface area contributed by atoms with Gasteiger partial charge in [0, 0.05) is 4.88 Å². The molecule has 0 aromatic carbocycles. The molecule has 72 valence electrons. The molecule has 0 aliphatic heterocycles. The number of rotatable bonds is 5. The van der Waals surface area contributed by atoms with Crippen LogP contribution in [0.4, 0.5) is 0 Å². The van der Waals surface area contributed by atoms with Gasteiger partial charge in [-0.2, -0.15) is 0 Å². The van der Waals surface area contributed by atoms with Crippen LogP contribution in [0.2, 0.25) is 0 Å². The smallest absolute Gasteiger partial charge is 0.308 e. The predicted molar refractivity (Wildman–Crippen MR) is 50.8 cm³/mol. The first-order valence-electron chi connectivity index (χ1n) is 4.03. The molecular weight excluding hydrogens is 188 g/mol. The van der Waals surface area contributed by atoms with Gasteiger partial charge in [-0.15, -0.1) is 11.3 Å². The topological polar surface area (TPSA) is 46.5 Å². The molecule has 0 aliphatic carbocycles. The first-order chi connectivity index (χ1) is 6.20. The second-order valence-corrected chi connectivity index (χ2v) is 3.87. The second kappa shape index (κ2) is 4.99. The maximum Gasteiger partial charge on any atom is 0.308 e. The van der Waals surface area contributed by atoms with E-state index in [1.165, 1.54) is 0 Å². The van der Waals surface area contributed by atoms with E-state index in [0.29, 0.717) is 6.61 Å². The highest BCUT2D eigenvalue weighted by atomic mass is 32.1. The Morgan fingerprint density at radius 2 is 2.54 bits per heavy atom. The molecule has 0 fully saturated rings. The largest absolute Gasteiger partial charge is 0.481 e. The van der Waals surface area contributed by atoms with Gasteiger partial charge in [-0.3, -0.25) is 4.79 Å². The zero-order chi connectivity index (χ0) is 9.68. The monoisotopic (exact) mass is 200 g/mol. The number of hydrogen-bond donors (Lipinski definition) is 1. The summed E-state index contributed by atoms with van der Waals surface area (Å²) in [6.45, 7) is 2.42. The molecule has 3 nitrogen and oxygen atoms in total. The molecule has 0 saturated heterocycles. The zero-order valence-corrected chi connectivity index (χ0v) is 8.21. The van der Waals surface area contributed by atoms with Crippen molar-refractivity contribution in [2.24, 2.45) is 5.92 Å². The molecule has 1 heterocycles. The van der Waals surface area contributed by atoms with Gasteiger partial charge in [0.15, 0.2) is 0 Å². The van der Waals surface area contributed by atoms with Crippen LogP contribution in [0.15, 0.2) is 17.5 Å². The highest BCUT2D eigenvalue weighted by Crippen LogP contribution is 2.10. The van der Waals surface area contributed by atoms with Gasteiger partial charge in [-0.25, -0.2) is 0 Å². The van der Waals surface area contributed by atoms with Crippen LogP contribution < -0.4 is 0 Å². The molecule has 0 aliphatic rings. The summed E-state index contributed by atoms with van der Waals surface area (Å²) in [5.41, 5.74) is 0. The van der Waals surface area contributed by atoms with E-state index < -0.39 is 11.9 Å². The standard InChI is InChI=1S/C9H12O3S/c1-7(9(10)11)5-12-6-8-3-2-4-13-8/h2-4,7H,5-6H2,1H3,(H,10,11). The number of carboxylic acid groups (broad SMARTS) is 1. The quantitative estimate of drug-likeness (QED) is 0.790. The van der Waals surface area contributed by atoms with Gasteiger partial charge < -0.3 is 9.84 Å². The van der Waals surface area contributed by atoms with Crippen LogP contribution in [0, 0.1) is 5.92 Å². The Hall–Kier alpha value is -0.870. The molecule has 0 spiro atoms. The van der Waals surface area contributed by atoms with Crippen molar-refractivity contribution in [3.63, 3.8) is 0 Å². The lowest BCUT2D eigenvalue weighted by molar-refractivity contribution is -0.143. The summed E-state index contributed by atoms with van der Waals surface area (Å²) < 4.78 is 5.23. The number of carboxylic acids is 1. The number of thiophene rings is 1. The van der Waals surface area contributed by atoms with Crippen molar-refractivity contribution in [3.8, 4) is 0 Å². The van der Waals surface area contributed by atoms with E-state index in [2.05, 4.69) is 0 Å². The third-order valence-corrected chi connectivity index (χ3v) is 2.46. The van der Waals surface area contributed by atoms with E-state index in [1.807, 2.05) is 17.5 Å². The highest BCUT2D eigenvalue weighted by Gasteiger charge is 2.10. The normalized spacial score (nSPS) is 12.7. The molecule has 0 saturated carbocycles. The molecule has 13 heavy (non-hydrogen) atoms. The van der Waals surface area contributed by atoms with E-state index >= 15 is 0 Å². The van der Waals surface area contributed by atoms with Gasteiger partial charge in [0.2, 0.25) is 0 Å². The molecule has 1 rings (SSSR count). The van der Waals surface area contributed by atoms with E-state index in [-0.39, 0.29) is 6.61 Å². The summed E-state index contributed by atoms with van der Waals surface area (Å²) in [6, 6.07) is 3.92. The fourth-order valence-corrected chi connectivity index (χ4v) is 1.44. The fourth-order valence-electron chi connectivity index (χ4n) is 0.802. The van der Waals surface area contributed by atoms with Gasteiger partial charge in [-0.05, 0) is 18.4 Å². The Morgan fingerprint density at radius 1 is 1.77 bits per heavy atom. The molecule has 0 amide bonds. The minimum absolute atomic E-state index is 0.271. The second-order valence-electron chi connectivity index (χ2n) is 2.83. The van der Waals surface area contributed by atoms with Crippen molar-refractivity contribution in [3.05, 3.63) is 22.4 Å². The van der Waals surface area contributed by atoms with Crippen molar-refractivity contribution >= 4 is 17.3 Å². The molecule has 1 aromatic heterocycles. The van der Waals surface area contributed by atoms with Crippen LogP contribution in [0.5, 0.6) is 0 Å². The molecule has 1 aromatic rings. The highest BCUT2D eigenvalue weighted by molar-refractivity contribution is 7.09. The third-order valence-electron chi connectivity index (χ3n) is 1.61. The lowest BCUT2D eigenvalue weighted by atomic mass is 10.2. The van der Waals surface area contributed by atoms with Gasteiger partial charge in [0.25, 0.3) is 0 Å². The Balaban J connectivity index is 2.18. The van der Waals surface area contributed by atoms with Gasteiger partial charge in [-0.1, -0.05) is 6.07 Å². The van der Waals surface area contributed by atoms with Crippen LogP contribution in [0.3, 0.4) is 0 Å². The van der Waals surface area contributed by atoms with Crippen LogP contribution >= 0.6 is 11.3 Å². The Labute approximate surface area is 81.0 Å². The lowest BCUT2D eigenvalue weighted by Crippen LogP contribution is -2.15. The molecule has 0 bridgehead atoms. The first-order valence-corrected chi connectivity index (χ1v) is 4.91. The number of hydrogen-bond acceptors (Lipinski definition) is 3. The molecule has 1 N–H and O–H groups in total.